The summed E-state index contributed by atoms with van der Waals surface area (Å²) in [7, 11) is 0. The Morgan fingerprint density at radius 3 is 2.95 bits per heavy atom. The van der Waals surface area contributed by atoms with Gasteiger partial charge in [0.2, 0.25) is 0 Å². The first-order valence-corrected chi connectivity index (χ1v) is 7.64. The SMILES string of the molecule is CC(Oc1cccc(Br)c1)C(=O)N1CCC(C)(CN)C1. The molecule has 4 nitrogen and oxygen atoms in total. The molecule has 1 heterocycles. The van der Waals surface area contributed by atoms with Gasteiger partial charge in [-0.05, 0) is 43.5 Å². The largest absolute Gasteiger partial charge is 0.481 e. The molecule has 1 aliphatic heterocycles. The Morgan fingerprint density at radius 2 is 2.35 bits per heavy atom. The average Bonchev–Trinajstić information content (AvgIpc) is 2.81. The number of rotatable bonds is 4. The van der Waals surface area contributed by atoms with Gasteiger partial charge in [-0.1, -0.05) is 28.9 Å². The molecular weight excluding hydrogens is 320 g/mol. The quantitative estimate of drug-likeness (QED) is 0.915. The number of nitrogens with zero attached hydrogens (tertiary/aromatic N) is 1. The summed E-state index contributed by atoms with van der Waals surface area (Å²) in [5.41, 5.74) is 5.82. The zero-order valence-electron chi connectivity index (χ0n) is 11.9. The maximum absolute atomic E-state index is 12.4. The molecule has 1 aromatic rings. The van der Waals surface area contributed by atoms with Gasteiger partial charge in [-0.25, -0.2) is 0 Å². The Bertz CT molecular complexity index is 495. The molecule has 2 atom stereocenters. The zero-order valence-corrected chi connectivity index (χ0v) is 13.5. The molecule has 0 radical (unpaired) electrons. The van der Waals surface area contributed by atoms with Crippen molar-refractivity contribution in [3.63, 3.8) is 0 Å². The lowest BCUT2D eigenvalue weighted by Crippen LogP contribution is -2.41. The Balaban J connectivity index is 1.96. The highest BCUT2D eigenvalue weighted by Crippen LogP contribution is 2.29. The fourth-order valence-electron chi connectivity index (χ4n) is 2.43. The number of halogens is 1. The van der Waals surface area contributed by atoms with Gasteiger partial charge in [0.15, 0.2) is 6.10 Å². The number of nitrogens with two attached hydrogens (primary N) is 1. The molecule has 0 saturated carbocycles. The van der Waals surface area contributed by atoms with E-state index in [-0.39, 0.29) is 11.3 Å². The molecular formula is C15H21BrN2O2. The van der Waals surface area contributed by atoms with Gasteiger partial charge in [0.05, 0.1) is 0 Å². The summed E-state index contributed by atoms with van der Waals surface area (Å²) >= 11 is 3.39. The second kappa shape index (κ2) is 6.14. The van der Waals surface area contributed by atoms with Crippen molar-refractivity contribution in [1.29, 1.82) is 0 Å². The predicted molar refractivity (Wildman–Crippen MR) is 82.6 cm³/mol. The lowest BCUT2D eigenvalue weighted by molar-refractivity contribution is -0.137. The molecule has 20 heavy (non-hydrogen) atoms. The van der Waals surface area contributed by atoms with Crippen LogP contribution in [0.4, 0.5) is 0 Å². The Morgan fingerprint density at radius 1 is 1.60 bits per heavy atom. The molecule has 2 unspecified atom stereocenters. The van der Waals surface area contributed by atoms with E-state index < -0.39 is 6.10 Å². The van der Waals surface area contributed by atoms with Gasteiger partial charge in [0.1, 0.15) is 5.75 Å². The van der Waals surface area contributed by atoms with Crippen molar-refractivity contribution in [2.24, 2.45) is 11.1 Å². The van der Waals surface area contributed by atoms with E-state index in [0.29, 0.717) is 18.8 Å². The highest BCUT2D eigenvalue weighted by Gasteiger charge is 2.36. The monoisotopic (exact) mass is 340 g/mol. The Labute approximate surface area is 128 Å². The molecule has 2 N–H and O–H groups in total. The third-order valence-corrected chi connectivity index (χ3v) is 4.31. The highest BCUT2D eigenvalue weighted by atomic mass is 79.9. The van der Waals surface area contributed by atoms with Gasteiger partial charge < -0.3 is 15.4 Å². The van der Waals surface area contributed by atoms with E-state index in [9.17, 15) is 4.79 Å². The summed E-state index contributed by atoms with van der Waals surface area (Å²) in [5.74, 6) is 0.725. The standard InChI is InChI=1S/C15H21BrN2O2/c1-11(20-13-5-3-4-12(16)8-13)14(19)18-7-6-15(2,9-17)10-18/h3-5,8,11H,6-7,9-10,17H2,1-2H3. The van der Waals surface area contributed by atoms with Crippen molar-refractivity contribution in [3.8, 4) is 5.75 Å². The van der Waals surface area contributed by atoms with Crippen LogP contribution >= 0.6 is 15.9 Å². The summed E-state index contributed by atoms with van der Waals surface area (Å²) in [6, 6.07) is 7.52. The van der Waals surface area contributed by atoms with Crippen molar-refractivity contribution in [3.05, 3.63) is 28.7 Å². The lowest BCUT2D eigenvalue weighted by Gasteiger charge is -2.25. The van der Waals surface area contributed by atoms with Crippen LogP contribution in [-0.4, -0.2) is 36.5 Å². The molecule has 110 valence electrons. The van der Waals surface area contributed by atoms with Crippen LogP contribution < -0.4 is 10.5 Å². The highest BCUT2D eigenvalue weighted by molar-refractivity contribution is 9.10. The van der Waals surface area contributed by atoms with E-state index in [0.717, 1.165) is 17.4 Å². The Hall–Kier alpha value is -1.07. The topological polar surface area (TPSA) is 55.6 Å². The molecule has 5 heteroatoms. The molecule has 0 spiro atoms. The fraction of sp³-hybridized carbons (Fsp3) is 0.533. The molecule has 1 aliphatic rings. The maximum atomic E-state index is 12.4. The number of carbonyl (C=O) groups excluding carboxylic acids is 1. The van der Waals surface area contributed by atoms with Crippen LogP contribution in [0.2, 0.25) is 0 Å². The summed E-state index contributed by atoms with van der Waals surface area (Å²) in [4.78, 5) is 14.2. The van der Waals surface area contributed by atoms with Crippen molar-refractivity contribution in [2.45, 2.75) is 26.4 Å². The number of ether oxygens (including phenoxy) is 1. The molecule has 1 fully saturated rings. The van der Waals surface area contributed by atoms with Crippen LogP contribution in [0.25, 0.3) is 0 Å². The van der Waals surface area contributed by atoms with Crippen molar-refractivity contribution in [2.75, 3.05) is 19.6 Å². The fourth-order valence-corrected chi connectivity index (χ4v) is 2.81. The van der Waals surface area contributed by atoms with E-state index in [1.807, 2.05) is 29.2 Å². The number of amides is 1. The molecule has 0 aromatic heterocycles. The third kappa shape index (κ3) is 3.52. The number of hydrogen-bond donors (Lipinski definition) is 1. The van der Waals surface area contributed by atoms with Gasteiger partial charge in [-0.2, -0.15) is 0 Å². The minimum atomic E-state index is -0.482. The summed E-state index contributed by atoms with van der Waals surface area (Å²) in [5, 5.41) is 0. The molecule has 1 saturated heterocycles. The van der Waals surface area contributed by atoms with Gasteiger partial charge in [0, 0.05) is 17.6 Å². The predicted octanol–water partition coefficient (Wildman–Crippen LogP) is 2.41. The number of likely N-dealkylation sites (tertiary alicyclic amines) is 1. The van der Waals surface area contributed by atoms with Gasteiger partial charge >= 0.3 is 0 Å². The second-order valence-corrected chi connectivity index (χ2v) is 6.66. The van der Waals surface area contributed by atoms with Crippen molar-refractivity contribution in [1.82, 2.24) is 4.90 Å². The van der Waals surface area contributed by atoms with E-state index >= 15 is 0 Å². The van der Waals surface area contributed by atoms with Gasteiger partial charge in [-0.15, -0.1) is 0 Å². The molecule has 0 bridgehead atoms. The maximum Gasteiger partial charge on any atom is 0.263 e. The van der Waals surface area contributed by atoms with E-state index in [1.54, 1.807) is 6.92 Å². The van der Waals surface area contributed by atoms with Crippen LogP contribution in [0.15, 0.2) is 28.7 Å². The van der Waals surface area contributed by atoms with Crippen LogP contribution in [0.1, 0.15) is 20.3 Å². The van der Waals surface area contributed by atoms with Crippen LogP contribution in [-0.2, 0) is 4.79 Å². The van der Waals surface area contributed by atoms with E-state index in [1.165, 1.54) is 0 Å². The Kier molecular flexibility index (Phi) is 4.70. The third-order valence-electron chi connectivity index (χ3n) is 3.82. The average molecular weight is 341 g/mol. The van der Waals surface area contributed by atoms with Crippen molar-refractivity contribution >= 4 is 21.8 Å². The first-order valence-electron chi connectivity index (χ1n) is 6.85. The van der Waals surface area contributed by atoms with E-state index in [4.69, 9.17) is 10.5 Å². The number of carbonyl (C=O) groups is 1. The molecule has 2 rings (SSSR count). The minimum Gasteiger partial charge on any atom is -0.481 e. The smallest absolute Gasteiger partial charge is 0.263 e. The van der Waals surface area contributed by atoms with Crippen LogP contribution in [0, 0.1) is 5.41 Å². The summed E-state index contributed by atoms with van der Waals surface area (Å²) in [6.07, 6.45) is 0.475. The molecule has 1 aromatic carbocycles. The first kappa shape index (κ1) is 15.3. The summed E-state index contributed by atoms with van der Waals surface area (Å²) in [6.45, 7) is 6.01. The van der Waals surface area contributed by atoms with Crippen LogP contribution in [0.5, 0.6) is 5.75 Å². The summed E-state index contributed by atoms with van der Waals surface area (Å²) < 4.78 is 6.66. The van der Waals surface area contributed by atoms with Gasteiger partial charge in [-0.3, -0.25) is 4.79 Å². The molecule has 0 aliphatic carbocycles. The van der Waals surface area contributed by atoms with Crippen molar-refractivity contribution < 1.29 is 9.53 Å². The minimum absolute atomic E-state index is 0.0298. The molecule has 1 amide bonds. The number of hydrogen-bond acceptors (Lipinski definition) is 3. The van der Waals surface area contributed by atoms with E-state index in [2.05, 4.69) is 22.9 Å². The zero-order chi connectivity index (χ0) is 14.8. The number of benzene rings is 1. The lowest BCUT2D eigenvalue weighted by atomic mass is 9.90. The normalized spacial score (nSPS) is 23.7. The van der Waals surface area contributed by atoms with Crippen LogP contribution in [0.3, 0.4) is 0 Å². The second-order valence-electron chi connectivity index (χ2n) is 5.74. The van der Waals surface area contributed by atoms with Gasteiger partial charge in [0.25, 0.3) is 5.91 Å². The first-order chi connectivity index (χ1) is 9.43.